The lowest BCUT2D eigenvalue weighted by molar-refractivity contribution is -0.137. The largest absolute Gasteiger partial charge is 0.416 e. The molecular formula is C16H14F3NO. The minimum Gasteiger partial charge on any atom is -0.352 e. The summed E-state index contributed by atoms with van der Waals surface area (Å²) in [5.74, 6) is -0.192. The molecule has 0 aromatic heterocycles. The van der Waals surface area contributed by atoms with Gasteiger partial charge in [0.15, 0.2) is 0 Å². The molecular weight excluding hydrogens is 279 g/mol. The summed E-state index contributed by atoms with van der Waals surface area (Å²) in [6.45, 7) is 0.374. The van der Waals surface area contributed by atoms with E-state index >= 15 is 0 Å². The molecule has 5 heteroatoms. The molecule has 21 heavy (non-hydrogen) atoms. The zero-order valence-electron chi connectivity index (χ0n) is 11.2. The van der Waals surface area contributed by atoms with Gasteiger partial charge in [0.1, 0.15) is 0 Å². The van der Waals surface area contributed by atoms with Crippen molar-refractivity contribution in [2.45, 2.75) is 12.6 Å². The van der Waals surface area contributed by atoms with Gasteiger partial charge in [0.2, 0.25) is 0 Å². The fourth-order valence-corrected chi connectivity index (χ4v) is 1.87. The molecule has 0 radical (unpaired) electrons. The van der Waals surface area contributed by atoms with Gasteiger partial charge in [-0.25, -0.2) is 0 Å². The third kappa shape index (κ3) is 4.34. The van der Waals surface area contributed by atoms with Gasteiger partial charge in [-0.1, -0.05) is 30.3 Å². The van der Waals surface area contributed by atoms with E-state index < -0.39 is 11.7 Å². The van der Waals surface area contributed by atoms with Gasteiger partial charge in [0.25, 0.3) is 5.91 Å². The Bertz CT molecular complexity index is 591. The Labute approximate surface area is 120 Å². The van der Waals surface area contributed by atoms with Crippen molar-refractivity contribution in [2.75, 3.05) is 6.54 Å². The Hall–Kier alpha value is -2.30. The van der Waals surface area contributed by atoms with Gasteiger partial charge in [-0.05, 0) is 36.2 Å². The van der Waals surface area contributed by atoms with Crippen molar-refractivity contribution in [3.8, 4) is 0 Å². The highest BCUT2D eigenvalue weighted by Gasteiger charge is 2.29. The van der Waals surface area contributed by atoms with E-state index in [1.807, 2.05) is 6.07 Å². The van der Waals surface area contributed by atoms with E-state index in [4.69, 9.17) is 0 Å². The summed E-state index contributed by atoms with van der Waals surface area (Å²) in [5, 5.41) is 2.73. The van der Waals surface area contributed by atoms with Crippen LogP contribution >= 0.6 is 0 Å². The van der Waals surface area contributed by atoms with E-state index in [2.05, 4.69) is 5.32 Å². The zero-order valence-corrected chi connectivity index (χ0v) is 11.2. The fourth-order valence-electron chi connectivity index (χ4n) is 1.87. The number of hydrogen-bond donors (Lipinski definition) is 1. The summed E-state index contributed by atoms with van der Waals surface area (Å²) in [6, 6.07) is 13.7. The smallest absolute Gasteiger partial charge is 0.352 e. The van der Waals surface area contributed by atoms with Gasteiger partial charge in [-0.2, -0.15) is 13.2 Å². The summed E-state index contributed by atoms with van der Waals surface area (Å²) in [6.07, 6.45) is -3.84. The van der Waals surface area contributed by atoms with Gasteiger partial charge in [0, 0.05) is 12.1 Å². The molecule has 2 aromatic carbocycles. The number of halogens is 3. The lowest BCUT2D eigenvalue weighted by Crippen LogP contribution is -2.25. The van der Waals surface area contributed by atoms with Crippen molar-refractivity contribution in [1.82, 2.24) is 5.32 Å². The molecule has 0 saturated carbocycles. The Morgan fingerprint density at radius 2 is 1.57 bits per heavy atom. The molecule has 0 bridgehead atoms. The number of benzene rings is 2. The third-order valence-corrected chi connectivity index (χ3v) is 3.02. The molecule has 2 nitrogen and oxygen atoms in total. The Morgan fingerprint density at radius 3 is 2.14 bits per heavy atom. The van der Waals surface area contributed by atoms with E-state index in [1.165, 1.54) is 12.1 Å². The number of hydrogen-bond acceptors (Lipinski definition) is 1. The minimum atomic E-state index is -4.32. The summed E-state index contributed by atoms with van der Waals surface area (Å²) in [7, 11) is 0. The first kappa shape index (κ1) is 15.1. The van der Waals surface area contributed by atoms with Crippen LogP contribution in [-0.2, 0) is 12.6 Å². The van der Waals surface area contributed by atoms with E-state index in [-0.39, 0.29) is 5.91 Å². The van der Waals surface area contributed by atoms with Gasteiger partial charge < -0.3 is 5.32 Å². The van der Waals surface area contributed by atoms with Gasteiger partial charge in [0.05, 0.1) is 5.56 Å². The molecule has 0 spiro atoms. The maximum Gasteiger partial charge on any atom is 0.416 e. The van der Waals surface area contributed by atoms with Crippen LogP contribution in [0.3, 0.4) is 0 Å². The molecule has 0 fully saturated rings. The average molecular weight is 293 g/mol. The summed E-state index contributed by atoms with van der Waals surface area (Å²) >= 11 is 0. The Kier molecular flexibility index (Phi) is 4.62. The van der Waals surface area contributed by atoms with Crippen LogP contribution in [0, 0.1) is 0 Å². The van der Waals surface area contributed by atoms with E-state index in [0.717, 1.165) is 17.7 Å². The van der Waals surface area contributed by atoms with Crippen molar-refractivity contribution in [3.63, 3.8) is 0 Å². The van der Waals surface area contributed by atoms with Crippen LogP contribution in [-0.4, -0.2) is 12.5 Å². The molecule has 0 saturated heterocycles. The quantitative estimate of drug-likeness (QED) is 0.915. The number of amides is 1. The first-order valence-corrected chi connectivity index (χ1v) is 6.46. The van der Waals surface area contributed by atoms with Crippen LogP contribution in [0.1, 0.15) is 21.5 Å². The Balaban J connectivity index is 1.85. The topological polar surface area (TPSA) is 29.1 Å². The maximum atomic E-state index is 12.4. The molecule has 0 unspecified atom stereocenters. The highest BCUT2D eigenvalue weighted by atomic mass is 19.4. The van der Waals surface area contributed by atoms with Gasteiger partial charge >= 0.3 is 6.18 Å². The molecule has 0 atom stereocenters. The van der Waals surface area contributed by atoms with Crippen molar-refractivity contribution < 1.29 is 18.0 Å². The number of alkyl halides is 3. The van der Waals surface area contributed by atoms with Crippen LogP contribution in [0.4, 0.5) is 13.2 Å². The zero-order chi connectivity index (χ0) is 15.3. The first-order chi connectivity index (χ1) is 9.97. The molecule has 0 aliphatic rings. The molecule has 0 aliphatic carbocycles. The van der Waals surface area contributed by atoms with Gasteiger partial charge in [-0.3, -0.25) is 4.79 Å². The molecule has 1 N–H and O–H groups in total. The van der Waals surface area contributed by atoms with Crippen molar-refractivity contribution in [2.24, 2.45) is 0 Å². The number of rotatable bonds is 4. The van der Waals surface area contributed by atoms with Crippen LogP contribution in [0.5, 0.6) is 0 Å². The average Bonchev–Trinajstić information content (AvgIpc) is 2.47. The number of carbonyl (C=O) groups is 1. The lowest BCUT2D eigenvalue weighted by Gasteiger charge is -2.08. The molecule has 2 rings (SSSR count). The molecule has 0 heterocycles. The maximum absolute atomic E-state index is 12.4. The normalized spacial score (nSPS) is 11.2. The highest BCUT2D eigenvalue weighted by Crippen LogP contribution is 2.29. The van der Waals surface area contributed by atoms with Gasteiger partial charge in [-0.15, -0.1) is 0 Å². The first-order valence-electron chi connectivity index (χ1n) is 6.46. The second-order valence-corrected chi connectivity index (χ2v) is 4.57. The summed E-state index contributed by atoms with van der Waals surface area (Å²) in [5.41, 5.74) is 0.640. The number of nitrogens with one attached hydrogen (secondary N) is 1. The van der Waals surface area contributed by atoms with E-state index in [0.29, 0.717) is 18.5 Å². The fraction of sp³-hybridized carbons (Fsp3) is 0.188. The minimum absolute atomic E-state index is 0.192. The molecule has 2 aromatic rings. The van der Waals surface area contributed by atoms with Crippen LogP contribution < -0.4 is 5.32 Å². The molecule has 0 aliphatic heterocycles. The second-order valence-electron chi connectivity index (χ2n) is 4.57. The molecule has 110 valence electrons. The van der Waals surface area contributed by atoms with Crippen molar-refractivity contribution in [3.05, 3.63) is 71.3 Å². The number of carbonyl (C=O) groups excluding carboxylic acids is 1. The second kappa shape index (κ2) is 6.43. The third-order valence-electron chi connectivity index (χ3n) is 3.02. The van der Waals surface area contributed by atoms with E-state index in [1.54, 1.807) is 24.3 Å². The predicted octanol–water partition coefficient (Wildman–Crippen LogP) is 3.68. The Morgan fingerprint density at radius 1 is 0.952 bits per heavy atom. The van der Waals surface area contributed by atoms with Crippen molar-refractivity contribution in [1.29, 1.82) is 0 Å². The standard InChI is InChI=1S/C16H14F3NO/c17-16(18,19)14-8-6-12(7-9-14)10-11-20-15(21)13-4-2-1-3-5-13/h1-9H,10-11H2,(H,20,21). The summed E-state index contributed by atoms with van der Waals surface area (Å²) in [4.78, 5) is 11.8. The summed E-state index contributed by atoms with van der Waals surface area (Å²) < 4.78 is 37.2. The molecule has 1 amide bonds. The lowest BCUT2D eigenvalue weighted by atomic mass is 10.1. The van der Waals surface area contributed by atoms with Crippen LogP contribution in [0.25, 0.3) is 0 Å². The van der Waals surface area contributed by atoms with Crippen LogP contribution in [0.2, 0.25) is 0 Å². The van der Waals surface area contributed by atoms with E-state index in [9.17, 15) is 18.0 Å². The SMILES string of the molecule is O=C(NCCc1ccc(C(F)(F)F)cc1)c1ccccc1. The van der Waals surface area contributed by atoms with Crippen LogP contribution in [0.15, 0.2) is 54.6 Å². The van der Waals surface area contributed by atoms with Crippen molar-refractivity contribution >= 4 is 5.91 Å². The predicted molar refractivity (Wildman–Crippen MR) is 73.9 cm³/mol. The monoisotopic (exact) mass is 293 g/mol. The highest BCUT2D eigenvalue weighted by molar-refractivity contribution is 5.94.